The van der Waals surface area contributed by atoms with Crippen molar-refractivity contribution in [1.82, 2.24) is 15.0 Å². The summed E-state index contributed by atoms with van der Waals surface area (Å²) in [5.74, 6) is -0.379. The number of hydrogen-bond donors (Lipinski definition) is 3. The highest BCUT2D eigenvalue weighted by atomic mass is 32.2. The first-order valence-electron chi connectivity index (χ1n) is 13.2. The molecule has 0 atom stereocenters. The summed E-state index contributed by atoms with van der Waals surface area (Å²) >= 11 is 0. The Morgan fingerprint density at radius 3 is 1.64 bits per heavy atom. The predicted octanol–water partition coefficient (Wildman–Crippen LogP) is 6.34. The van der Waals surface area contributed by atoms with Gasteiger partial charge in [-0.2, -0.15) is 8.42 Å². The van der Waals surface area contributed by atoms with Gasteiger partial charge in [-0.15, -0.1) is 0 Å². The van der Waals surface area contributed by atoms with Crippen LogP contribution in [0.25, 0.3) is 12.2 Å². The summed E-state index contributed by atoms with van der Waals surface area (Å²) < 4.78 is 30.2. The summed E-state index contributed by atoms with van der Waals surface area (Å²) in [6, 6.07) is 20.6. The van der Waals surface area contributed by atoms with Crippen molar-refractivity contribution in [2.45, 2.75) is 71.1 Å². The van der Waals surface area contributed by atoms with Crippen LogP contribution in [0.2, 0.25) is 0 Å². The Kier molecular flexibility index (Phi) is 18.3. The van der Waals surface area contributed by atoms with Crippen molar-refractivity contribution in [1.29, 1.82) is 0 Å². The maximum absolute atomic E-state index is 10.4. The van der Waals surface area contributed by atoms with E-state index in [1.54, 1.807) is 4.72 Å². The Bertz CT molecular complexity index is 1100. The molecule has 0 aliphatic heterocycles. The zero-order valence-corrected chi connectivity index (χ0v) is 23.5. The third kappa shape index (κ3) is 21.0. The van der Waals surface area contributed by atoms with Crippen molar-refractivity contribution >= 4 is 34.3 Å². The lowest BCUT2D eigenvalue weighted by Gasteiger charge is -2.00. The van der Waals surface area contributed by atoms with Crippen LogP contribution in [0.5, 0.6) is 0 Å². The molecule has 10 heteroatoms. The van der Waals surface area contributed by atoms with E-state index in [1.807, 2.05) is 36.4 Å². The van der Waals surface area contributed by atoms with Gasteiger partial charge in [0.2, 0.25) is 11.9 Å². The zero-order chi connectivity index (χ0) is 28.6. The molecule has 9 nitrogen and oxygen atoms in total. The van der Waals surface area contributed by atoms with E-state index in [0.717, 1.165) is 25.5 Å². The van der Waals surface area contributed by atoms with Crippen LogP contribution >= 0.6 is 0 Å². The number of rotatable bonds is 14. The van der Waals surface area contributed by atoms with E-state index in [1.165, 1.54) is 56.1 Å². The Morgan fingerprint density at radius 1 is 0.795 bits per heavy atom. The van der Waals surface area contributed by atoms with Crippen LogP contribution in [0.15, 0.2) is 73.3 Å². The number of primary amides is 1. The Morgan fingerprint density at radius 2 is 1.23 bits per heavy atom. The summed E-state index contributed by atoms with van der Waals surface area (Å²) in [5.41, 5.74) is 7.51. The van der Waals surface area contributed by atoms with Crippen molar-refractivity contribution in [3.63, 3.8) is 0 Å². The van der Waals surface area contributed by atoms with E-state index in [0.29, 0.717) is 6.42 Å². The molecule has 1 heterocycles. The van der Waals surface area contributed by atoms with Crippen LogP contribution in [0.3, 0.4) is 0 Å². The molecule has 0 fully saturated rings. The van der Waals surface area contributed by atoms with E-state index >= 15 is 0 Å². The number of carbonyl (C=O) groups is 1. The Balaban J connectivity index is 0.000000295. The second-order valence-corrected chi connectivity index (χ2v) is 9.89. The lowest BCUT2D eigenvalue weighted by molar-refractivity contribution is -0.118. The fourth-order valence-electron chi connectivity index (χ4n) is 3.34. The van der Waals surface area contributed by atoms with E-state index in [4.69, 9.17) is 10.3 Å². The molecule has 0 saturated carbocycles. The number of nitrogens with zero attached hydrogens (tertiary/aromatic N) is 3. The van der Waals surface area contributed by atoms with Crippen molar-refractivity contribution < 1.29 is 17.8 Å². The van der Waals surface area contributed by atoms with Crippen LogP contribution < -0.4 is 10.5 Å². The molecular formula is C29H41N5O4S. The molecule has 0 aliphatic rings. The SMILES string of the molecule is C(=Cc1ccccc1)c1ccccc1.CCCCCCCCCCCC(N)=O.O=S(=O)(O)Nc1ncncn1. The van der Waals surface area contributed by atoms with Crippen LogP contribution in [-0.2, 0) is 15.1 Å². The largest absolute Gasteiger partial charge is 0.370 e. The number of carbonyl (C=O) groups excluding carboxylic acids is 1. The highest BCUT2D eigenvalue weighted by molar-refractivity contribution is 7.87. The highest BCUT2D eigenvalue weighted by Crippen LogP contribution is 2.10. The van der Waals surface area contributed by atoms with Gasteiger partial charge in [0.1, 0.15) is 12.7 Å². The molecule has 0 radical (unpaired) electrons. The number of hydrogen-bond acceptors (Lipinski definition) is 6. The predicted molar refractivity (Wildman–Crippen MR) is 158 cm³/mol. The molecule has 0 saturated heterocycles. The molecule has 0 unspecified atom stereocenters. The van der Waals surface area contributed by atoms with Gasteiger partial charge in [0.15, 0.2) is 0 Å². The van der Waals surface area contributed by atoms with Crippen molar-refractivity contribution in [3.8, 4) is 0 Å². The van der Waals surface area contributed by atoms with Crippen LogP contribution in [0, 0.1) is 0 Å². The first kappa shape index (κ1) is 33.4. The number of unbranched alkanes of at least 4 members (excludes halogenated alkanes) is 8. The molecular weight excluding hydrogens is 514 g/mol. The molecule has 212 valence electrons. The Hall–Kier alpha value is -3.63. The van der Waals surface area contributed by atoms with E-state index in [9.17, 15) is 13.2 Å². The average molecular weight is 556 g/mol. The number of nitrogens with two attached hydrogens (primary N) is 1. The van der Waals surface area contributed by atoms with Crippen LogP contribution in [-0.4, -0.2) is 33.8 Å². The van der Waals surface area contributed by atoms with Crippen molar-refractivity contribution in [3.05, 3.63) is 84.4 Å². The van der Waals surface area contributed by atoms with E-state index in [-0.39, 0.29) is 11.9 Å². The smallest absolute Gasteiger partial charge is 0.359 e. The molecule has 4 N–H and O–H groups in total. The maximum Gasteiger partial charge on any atom is 0.359 e. The molecule has 3 aromatic rings. The minimum Gasteiger partial charge on any atom is -0.370 e. The Labute approximate surface area is 232 Å². The van der Waals surface area contributed by atoms with Crippen molar-refractivity contribution in [2.75, 3.05) is 4.72 Å². The first-order chi connectivity index (χ1) is 18.8. The third-order valence-corrected chi connectivity index (χ3v) is 5.75. The summed E-state index contributed by atoms with van der Waals surface area (Å²) in [6.07, 6.45) is 18.5. The monoisotopic (exact) mass is 555 g/mol. The second kappa shape index (κ2) is 21.3. The van der Waals surface area contributed by atoms with Gasteiger partial charge in [-0.3, -0.25) is 9.35 Å². The molecule has 2 aromatic carbocycles. The molecule has 0 aliphatic carbocycles. The number of anilines is 1. The topological polar surface area (TPSA) is 148 Å². The van der Waals surface area contributed by atoms with Gasteiger partial charge in [-0.05, 0) is 17.5 Å². The molecule has 39 heavy (non-hydrogen) atoms. The summed E-state index contributed by atoms with van der Waals surface area (Å²) in [4.78, 5) is 20.6. The molecule has 0 spiro atoms. The molecule has 0 bridgehead atoms. The first-order valence-corrected chi connectivity index (χ1v) is 14.7. The van der Waals surface area contributed by atoms with Gasteiger partial charge in [0.05, 0.1) is 0 Å². The third-order valence-electron chi connectivity index (χ3n) is 5.31. The van der Waals surface area contributed by atoms with E-state index in [2.05, 4.69) is 58.3 Å². The zero-order valence-electron chi connectivity index (χ0n) is 22.7. The normalized spacial score (nSPS) is 10.6. The van der Waals surface area contributed by atoms with Gasteiger partial charge in [0, 0.05) is 6.42 Å². The van der Waals surface area contributed by atoms with Gasteiger partial charge in [-0.1, -0.05) is 131 Å². The van der Waals surface area contributed by atoms with Gasteiger partial charge >= 0.3 is 10.3 Å². The fraction of sp³-hybridized carbons (Fsp3) is 0.379. The molecule has 3 rings (SSSR count). The fourth-order valence-corrected chi connectivity index (χ4v) is 3.67. The minimum absolute atomic E-state index is 0.159. The second-order valence-electron chi connectivity index (χ2n) is 8.74. The van der Waals surface area contributed by atoms with Crippen LogP contribution in [0.4, 0.5) is 5.95 Å². The molecule has 1 amide bonds. The standard InChI is InChI=1S/C14H12.C12H25NO.C3H4N4O3S/c1-3-7-13(8-4-1)11-12-14-9-5-2-6-10-14;1-2-3-4-5-6-7-8-9-10-11-12(13)14;8-11(9,10)7-3-5-1-4-2-6-3/h1-12H;2-11H2,1H3,(H2,13,14);1-2H,(H,8,9,10)(H,4,5,6,7). The maximum atomic E-state index is 10.4. The quantitative estimate of drug-likeness (QED) is 0.119. The van der Waals surface area contributed by atoms with Crippen molar-refractivity contribution in [2.24, 2.45) is 5.73 Å². The van der Waals surface area contributed by atoms with Gasteiger partial charge in [0.25, 0.3) is 0 Å². The van der Waals surface area contributed by atoms with Gasteiger partial charge in [-0.25, -0.2) is 19.7 Å². The summed E-state index contributed by atoms with van der Waals surface area (Å²) in [5, 5.41) is 0. The summed E-state index contributed by atoms with van der Waals surface area (Å²) in [6.45, 7) is 2.24. The average Bonchev–Trinajstić information content (AvgIpc) is 2.92. The number of nitrogens with one attached hydrogen (secondary N) is 1. The lowest BCUT2D eigenvalue weighted by atomic mass is 10.1. The number of aromatic nitrogens is 3. The van der Waals surface area contributed by atoms with Gasteiger partial charge < -0.3 is 5.73 Å². The molecule has 1 aromatic heterocycles. The minimum atomic E-state index is -4.28. The van der Waals surface area contributed by atoms with E-state index < -0.39 is 10.3 Å². The lowest BCUT2D eigenvalue weighted by Crippen LogP contribution is -2.12. The summed E-state index contributed by atoms with van der Waals surface area (Å²) in [7, 11) is -4.28. The number of amides is 1. The van der Waals surface area contributed by atoms with Crippen LogP contribution in [0.1, 0.15) is 82.3 Å². The number of benzene rings is 2. The highest BCUT2D eigenvalue weighted by Gasteiger charge is 2.04.